The fourth-order valence-electron chi connectivity index (χ4n) is 2.47. The lowest BCUT2D eigenvalue weighted by molar-refractivity contribution is 0.155. The zero-order valence-corrected chi connectivity index (χ0v) is 12.4. The first-order valence-electron chi connectivity index (χ1n) is 6.19. The molecule has 0 aromatic heterocycles. The summed E-state index contributed by atoms with van der Waals surface area (Å²) in [7, 11) is -6.21. The average Bonchev–Trinajstić information content (AvgIpc) is 2.97. The molecule has 0 aromatic carbocycles. The maximum Gasteiger partial charge on any atom is 0.407 e. The fraction of sp³-hybridized carbons (Fsp3) is 0.900. The highest BCUT2D eigenvalue weighted by atomic mass is 32.2. The number of sulfone groups is 1. The van der Waals surface area contributed by atoms with Gasteiger partial charge >= 0.3 is 6.09 Å². The summed E-state index contributed by atoms with van der Waals surface area (Å²) in [6, 6.07) is 0. The second kappa shape index (κ2) is 5.49. The minimum atomic E-state index is -3.52. The zero-order chi connectivity index (χ0) is 15.0. The maximum atomic E-state index is 12.5. The third-order valence-corrected chi connectivity index (χ3v) is 7.22. The Labute approximate surface area is 118 Å². The molecule has 2 aliphatic rings. The van der Waals surface area contributed by atoms with Crippen molar-refractivity contribution in [1.82, 2.24) is 4.90 Å². The van der Waals surface area contributed by atoms with Crippen LogP contribution >= 0.6 is 0 Å². The average molecular weight is 327 g/mol. The van der Waals surface area contributed by atoms with Crippen molar-refractivity contribution >= 4 is 26.6 Å². The first-order valence-corrected chi connectivity index (χ1v) is 9.10. The highest BCUT2D eigenvalue weighted by molar-refractivity contribution is 7.93. The molecule has 1 unspecified atom stereocenters. The molecule has 2 fully saturated rings. The van der Waals surface area contributed by atoms with Gasteiger partial charge < -0.3 is 14.7 Å². The van der Waals surface area contributed by atoms with Crippen LogP contribution in [0.3, 0.4) is 0 Å². The van der Waals surface area contributed by atoms with E-state index in [2.05, 4.69) is 0 Å². The van der Waals surface area contributed by atoms with Gasteiger partial charge in [-0.3, -0.25) is 0 Å². The molecular formula is C10H17NO7S2. The largest absolute Gasteiger partial charge is 0.465 e. The highest BCUT2D eigenvalue weighted by Crippen LogP contribution is 2.47. The van der Waals surface area contributed by atoms with Gasteiger partial charge in [-0.05, 0) is 19.3 Å². The zero-order valence-electron chi connectivity index (χ0n) is 10.7. The Bertz CT molecular complexity index is 556. The van der Waals surface area contributed by atoms with Crippen LogP contribution in [0.2, 0.25) is 0 Å². The summed E-state index contributed by atoms with van der Waals surface area (Å²) < 4.78 is 49.8. The lowest BCUT2D eigenvalue weighted by Gasteiger charge is -2.20. The molecule has 1 heterocycles. The van der Waals surface area contributed by atoms with Crippen molar-refractivity contribution in [3.63, 3.8) is 0 Å². The molecule has 0 spiro atoms. The van der Waals surface area contributed by atoms with E-state index >= 15 is 0 Å². The van der Waals surface area contributed by atoms with E-state index < -0.39 is 42.6 Å². The molecule has 116 valence electrons. The third kappa shape index (κ3) is 2.91. The standard InChI is InChI=1S/C10H17NO7S2/c12-9(13)11-4-1-8(5-11)20(16,17)10(2-3-10)6-18-7-19(14)15/h8,19H,1-7H2,(H,12,13). The molecule has 8 nitrogen and oxygen atoms in total. The molecule has 1 atom stereocenters. The van der Waals surface area contributed by atoms with E-state index in [0.29, 0.717) is 12.8 Å². The van der Waals surface area contributed by atoms with Crippen LogP contribution in [-0.4, -0.2) is 68.6 Å². The smallest absolute Gasteiger partial charge is 0.407 e. The SMILES string of the molecule is O=C(O)N1CCC(S(=O)(=O)C2(COC[SH](=O)=O)CC2)C1. The summed E-state index contributed by atoms with van der Waals surface area (Å²) in [5.41, 5.74) is 0. The fourth-order valence-corrected chi connectivity index (χ4v) is 5.12. The minimum absolute atomic E-state index is 0.0186. The number of amides is 1. The Morgan fingerprint density at radius 2 is 2.05 bits per heavy atom. The van der Waals surface area contributed by atoms with Gasteiger partial charge in [0.2, 0.25) is 0 Å². The Morgan fingerprint density at radius 3 is 2.50 bits per heavy atom. The number of carboxylic acid groups (broad SMARTS) is 1. The lowest BCUT2D eigenvalue weighted by Crippen LogP contribution is -2.39. The molecule has 1 N–H and O–H groups in total. The molecule has 0 aromatic rings. The summed E-state index contributed by atoms with van der Waals surface area (Å²) in [5, 5.41) is 8.14. The van der Waals surface area contributed by atoms with Crippen molar-refractivity contribution < 1.29 is 31.5 Å². The van der Waals surface area contributed by atoms with Gasteiger partial charge in [-0.15, -0.1) is 0 Å². The van der Waals surface area contributed by atoms with E-state index in [1.165, 1.54) is 0 Å². The van der Waals surface area contributed by atoms with Gasteiger partial charge in [0.25, 0.3) is 0 Å². The topological polar surface area (TPSA) is 118 Å². The number of hydrogen-bond acceptors (Lipinski definition) is 6. The van der Waals surface area contributed by atoms with Gasteiger partial charge in [0, 0.05) is 13.1 Å². The molecule has 2 rings (SSSR count). The number of hydrogen-bond donors (Lipinski definition) is 2. The van der Waals surface area contributed by atoms with E-state index in [9.17, 15) is 21.6 Å². The first kappa shape index (κ1) is 15.5. The molecule has 1 amide bonds. The highest BCUT2D eigenvalue weighted by Gasteiger charge is 2.58. The Morgan fingerprint density at radius 1 is 1.40 bits per heavy atom. The van der Waals surface area contributed by atoms with Crippen LogP contribution in [0.25, 0.3) is 0 Å². The predicted octanol–water partition coefficient (Wildman–Crippen LogP) is -0.728. The van der Waals surface area contributed by atoms with Crippen LogP contribution in [0.15, 0.2) is 0 Å². The molecule has 0 bridgehead atoms. The molecule has 1 saturated heterocycles. The van der Waals surface area contributed by atoms with Crippen molar-refractivity contribution in [2.45, 2.75) is 29.3 Å². The monoisotopic (exact) mass is 327 g/mol. The van der Waals surface area contributed by atoms with Crippen LogP contribution in [0.5, 0.6) is 0 Å². The number of carbonyl (C=O) groups is 1. The van der Waals surface area contributed by atoms with E-state index in [-0.39, 0.29) is 26.1 Å². The van der Waals surface area contributed by atoms with Crippen LogP contribution in [-0.2, 0) is 25.3 Å². The molecule has 10 heteroatoms. The number of likely N-dealkylation sites (tertiary alicyclic amines) is 1. The second-order valence-electron chi connectivity index (χ2n) is 5.18. The van der Waals surface area contributed by atoms with Crippen LogP contribution < -0.4 is 0 Å². The predicted molar refractivity (Wildman–Crippen MR) is 70.0 cm³/mol. The van der Waals surface area contributed by atoms with Gasteiger partial charge in [-0.1, -0.05) is 0 Å². The Hall–Kier alpha value is -0.870. The van der Waals surface area contributed by atoms with Crippen molar-refractivity contribution in [3.05, 3.63) is 0 Å². The molecule has 0 radical (unpaired) electrons. The normalized spacial score (nSPS) is 25.1. The van der Waals surface area contributed by atoms with Gasteiger partial charge in [0.05, 0.1) is 16.6 Å². The first-order chi connectivity index (χ1) is 9.28. The molecular weight excluding hydrogens is 310 g/mol. The molecule has 1 aliphatic heterocycles. The van der Waals surface area contributed by atoms with Gasteiger partial charge in [-0.25, -0.2) is 21.6 Å². The third-order valence-electron chi connectivity index (χ3n) is 3.83. The van der Waals surface area contributed by atoms with Crippen LogP contribution in [0, 0.1) is 0 Å². The van der Waals surface area contributed by atoms with E-state index in [1.54, 1.807) is 0 Å². The van der Waals surface area contributed by atoms with Crippen molar-refractivity contribution in [2.24, 2.45) is 0 Å². The quantitative estimate of drug-likeness (QED) is 0.618. The summed E-state index contributed by atoms with van der Waals surface area (Å²) in [6.45, 7) is 0.0556. The Balaban J connectivity index is 2.01. The Kier molecular flexibility index (Phi) is 4.26. The maximum absolute atomic E-state index is 12.5. The van der Waals surface area contributed by atoms with Crippen LogP contribution in [0.4, 0.5) is 4.79 Å². The summed E-state index contributed by atoms with van der Waals surface area (Å²) in [6.07, 6.45) is 0.0436. The number of nitrogens with zero attached hydrogens (tertiary/aromatic N) is 1. The summed E-state index contributed by atoms with van der Waals surface area (Å²) >= 11 is 0. The van der Waals surface area contributed by atoms with Crippen molar-refractivity contribution in [2.75, 3.05) is 25.6 Å². The summed E-state index contributed by atoms with van der Waals surface area (Å²) in [5.74, 6) is -0.488. The van der Waals surface area contributed by atoms with Crippen molar-refractivity contribution in [3.8, 4) is 0 Å². The number of ether oxygens (including phenoxy) is 1. The van der Waals surface area contributed by atoms with Crippen molar-refractivity contribution in [1.29, 1.82) is 0 Å². The van der Waals surface area contributed by atoms with Gasteiger partial charge in [0.15, 0.2) is 20.5 Å². The van der Waals surface area contributed by atoms with E-state index in [0.717, 1.165) is 4.90 Å². The summed E-state index contributed by atoms with van der Waals surface area (Å²) in [4.78, 5) is 11.9. The lowest BCUT2D eigenvalue weighted by atomic mass is 10.4. The van der Waals surface area contributed by atoms with Gasteiger partial charge in [0.1, 0.15) is 5.94 Å². The number of thiol groups is 1. The van der Waals surface area contributed by atoms with E-state index in [1.807, 2.05) is 0 Å². The van der Waals surface area contributed by atoms with Crippen LogP contribution in [0.1, 0.15) is 19.3 Å². The number of rotatable bonds is 6. The van der Waals surface area contributed by atoms with E-state index in [4.69, 9.17) is 9.84 Å². The van der Waals surface area contributed by atoms with Gasteiger partial charge in [-0.2, -0.15) is 0 Å². The molecule has 1 aliphatic carbocycles. The minimum Gasteiger partial charge on any atom is -0.465 e. The second-order valence-corrected chi connectivity index (χ2v) is 8.72. The molecule has 1 saturated carbocycles. The molecule has 20 heavy (non-hydrogen) atoms.